The van der Waals surface area contributed by atoms with Gasteiger partial charge in [-0.3, -0.25) is 4.79 Å². The van der Waals surface area contributed by atoms with Crippen LogP contribution in [0, 0.1) is 6.92 Å². The van der Waals surface area contributed by atoms with Crippen LogP contribution in [-0.2, 0) is 27.8 Å². The first kappa shape index (κ1) is 23.8. The second-order valence-corrected chi connectivity index (χ2v) is 8.38. The molecule has 1 N–H and O–H groups in total. The largest absolute Gasteiger partial charge is 0.406 e. The van der Waals surface area contributed by atoms with Gasteiger partial charge in [0.2, 0.25) is 10.0 Å². The van der Waals surface area contributed by atoms with Crippen LogP contribution < -0.4 is 4.72 Å². The Morgan fingerprint density at radius 1 is 1.33 bits per heavy atom. The molecule has 0 aliphatic heterocycles. The van der Waals surface area contributed by atoms with Crippen LogP contribution in [0.25, 0.3) is 0 Å². The van der Waals surface area contributed by atoms with E-state index in [1.54, 1.807) is 6.92 Å². The number of sulfonamides is 1. The number of carbonyl (C=O) groups excluding carboxylic acids is 1. The van der Waals surface area contributed by atoms with Gasteiger partial charge in [0.1, 0.15) is 12.4 Å². The number of amides is 1. The van der Waals surface area contributed by atoms with Gasteiger partial charge in [-0.05, 0) is 24.6 Å². The zero-order chi connectivity index (χ0) is 22.5. The van der Waals surface area contributed by atoms with E-state index in [1.807, 2.05) is 0 Å². The number of aryl methyl sites for hydroxylation is 1. The highest BCUT2D eigenvalue weighted by Crippen LogP contribution is 2.20. The first-order valence-electron chi connectivity index (χ1n) is 8.86. The molecule has 0 unspecified atom stereocenters. The Bertz CT molecular complexity index is 990. The molecule has 1 heterocycles. The summed E-state index contributed by atoms with van der Waals surface area (Å²) < 4.78 is 70.9. The minimum atomic E-state index is -4.42. The molecule has 1 aromatic carbocycles. The lowest BCUT2D eigenvalue weighted by atomic mass is 10.1. The molecule has 1 amide bonds. The maximum Gasteiger partial charge on any atom is 0.406 e. The first-order valence-corrected chi connectivity index (χ1v) is 10.3. The van der Waals surface area contributed by atoms with Crippen LogP contribution in [0.4, 0.5) is 13.2 Å². The van der Waals surface area contributed by atoms with Crippen LogP contribution in [0.1, 0.15) is 21.7 Å². The van der Waals surface area contributed by atoms with Crippen molar-refractivity contribution in [3.63, 3.8) is 0 Å². The molecule has 0 spiro atoms. The van der Waals surface area contributed by atoms with E-state index in [0.717, 1.165) is 4.57 Å². The molecule has 2 aromatic rings. The van der Waals surface area contributed by atoms with Crippen molar-refractivity contribution in [3.05, 3.63) is 47.5 Å². The number of methoxy groups -OCH3 is 1. The summed E-state index contributed by atoms with van der Waals surface area (Å²) >= 11 is 0. The van der Waals surface area contributed by atoms with E-state index in [0.29, 0.717) is 5.56 Å². The van der Waals surface area contributed by atoms with Gasteiger partial charge in [0.15, 0.2) is 0 Å². The first-order chi connectivity index (χ1) is 13.9. The van der Waals surface area contributed by atoms with Gasteiger partial charge in [-0.25, -0.2) is 18.1 Å². The van der Waals surface area contributed by atoms with E-state index >= 15 is 0 Å². The normalized spacial score (nSPS) is 12.2. The number of nitrogens with zero attached hydrogens (tertiary/aromatic N) is 3. The van der Waals surface area contributed by atoms with Crippen LogP contribution in [0.15, 0.2) is 35.5 Å². The summed E-state index contributed by atoms with van der Waals surface area (Å²) in [7, 11) is -1.00. The molecule has 166 valence electrons. The Hall–Kier alpha value is -2.44. The van der Waals surface area contributed by atoms with Gasteiger partial charge < -0.3 is 14.2 Å². The number of hydrogen-bond donors (Lipinski definition) is 1. The van der Waals surface area contributed by atoms with E-state index in [2.05, 4.69) is 9.71 Å². The molecule has 30 heavy (non-hydrogen) atoms. The van der Waals surface area contributed by atoms with Crippen molar-refractivity contribution in [1.82, 2.24) is 19.2 Å². The van der Waals surface area contributed by atoms with Crippen molar-refractivity contribution in [2.45, 2.75) is 31.1 Å². The van der Waals surface area contributed by atoms with Gasteiger partial charge >= 0.3 is 6.18 Å². The third-order valence-electron chi connectivity index (χ3n) is 4.22. The van der Waals surface area contributed by atoms with Crippen molar-refractivity contribution in [2.75, 3.05) is 27.3 Å². The molecule has 0 bridgehead atoms. The Kier molecular flexibility index (Phi) is 7.61. The van der Waals surface area contributed by atoms with Crippen molar-refractivity contribution < 1.29 is 31.1 Å². The molecular weight excluding hydrogens is 425 g/mol. The molecule has 12 heteroatoms. The number of rotatable bonds is 9. The summed E-state index contributed by atoms with van der Waals surface area (Å²) in [5.41, 5.74) is 0.655. The second kappa shape index (κ2) is 9.58. The number of benzene rings is 1. The van der Waals surface area contributed by atoms with Crippen molar-refractivity contribution >= 4 is 15.9 Å². The highest BCUT2D eigenvalue weighted by molar-refractivity contribution is 7.89. The Morgan fingerprint density at radius 3 is 2.67 bits per heavy atom. The molecule has 2 rings (SSSR count). The lowest BCUT2D eigenvalue weighted by Gasteiger charge is -2.20. The van der Waals surface area contributed by atoms with Crippen molar-refractivity contribution in [3.8, 4) is 0 Å². The summed E-state index contributed by atoms with van der Waals surface area (Å²) in [5.74, 6) is -0.478. The van der Waals surface area contributed by atoms with Crippen LogP contribution in [0.5, 0.6) is 0 Å². The minimum Gasteiger partial charge on any atom is -0.383 e. The number of halogens is 3. The lowest BCUT2D eigenvalue weighted by molar-refractivity contribution is -0.141. The molecule has 1 aromatic heterocycles. The van der Waals surface area contributed by atoms with Crippen LogP contribution in [0.3, 0.4) is 0 Å². The maximum atomic E-state index is 12.9. The van der Waals surface area contributed by atoms with Crippen LogP contribution in [0.2, 0.25) is 0 Å². The minimum absolute atomic E-state index is 0.0610. The Labute approximate surface area is 172 Å². The molecule has 0 atom stereocenters. The smallest absolute Gasteiger partial charge is 0.383 e. The predicted octanol–water partition coefficient (Wildman–Crippen LogP) is 1.95. The zero-order valence-corrected chi connectivity index (χ0v) is 17.5. The molecule has 0 aliphatic carbocycles. The van der Waals surface area contributed by atoms with Gasteiger partial charge in [-0.15, -0.1) is 0 Å². The van der Waals surface area contributed by atoms with Crippen molar-refractivity contribution in [2.24, 2.45) is 0 Å². The van der Waals surface area contributed by atoms with E-state index in [9.17, 15) is 26.4 Å². The van der Waals surface area contributed by atoms with Gasteiger partial charge in [-0.1, -0.05) is 6.07 Å². The average Bonchev–Trinajstić information content (AvgIpc) is 3.06. The Balaban J connectivity index is 2.21. The SMILES string of the molecule is COCCNS(=O)(=O)c1ccc(C)c(C(=O)N(C)Cc2nccn2CC(F)(F)F)c1. The fourth-order valence-electron chi connectivity index (χ4n) is 2.68. The molecule has 0 radical (unpaired) electrons. The molecule has 0 saturated heterocycles. The lowest BCUT2D eigenvalue weighted by Crippen LogP contribution is -2.30. The average molecular weight is 448 g/mol. The maximum absolute atomic E-state index is 12.9. The highest BCUT2D eigenvalue weighted by atomic mass is 32.2. The third-order valence-corrected chi connectivity index (χ3v) is 5.68. The predicted molar refractivity (Wildman–Crippen MR) is 102 cm³/mol. The van der Waals surface area contributed by atoms with Gasteiger partial charge in [0, 0.05) is 38.7 Å². The van der Waals surface area contributed by atoms with Gasteiger partial charge in [-0.2, -0.15) is 13.2 Å². The van der Waals surface area contributed by atoms with E-state index < -0.39 is 28.7 Å². The van der Waals surface area contributed by atoms with Crippen molar-refractivity contribution in [1.29, 1.82) is 0 Å². The molecular formula is C18H23F3N4O4S. The monoisotopic (exact) mass is 448 g/mol. The van der Waals surface area contributed by atoms with E-state index in [1.165, 1.54) is 49.7 Å². The van der Waals surface area contributed by atoms with Gasteiger partial charge in [0.05, 0.1) is 18.0 Å². The Morgan fingerprint density at radius 2 is 2.03 bits per heavy atom. The summed E-state index contributed by atoms with van der Waals surface area (Å²) in [6.07, 6.45) is -2.01. The summed E-state index contributed by atoms with van der Waals surface area (Å²) in [4.78, 5) is 17.8. The van der Waals surface area contributed by atoms with Crippen LogP contribution in [-0.4, -0.2) is 62.3 Å². The van der Waals surface area contributed by atoms with Crippen LogP contribution >= 0.6 is 0 Å². The number of aromatic nitrogens is 2. The van der Waals surface area contributed by atoms with E-state index in [-0.39, 0.29) is 36.0 Å². The molecule has 0 aliphatic rings. The van der Waals surface area contributed by atoms with E-state index in [4.69, 9.17) is 4.74 Å². The quantitative estimate of drug-likeness (QED) is 0.592. The molecule has 0 saturated carbocycles. The summed E-state index contributed by atoms with van der Waals surface area (Å²) in [6.45, 7) is 0.497. The summed E-state index contributed by atoms with van der Waals surface area (Å²) in [5, 5.41) is 0. The van der Waals surface area contributed by atoms with Gasteiger partial charge in [0.25, 0.3) is 5.91 Å². The summed E-state index contributed by atoms with van der Waals surface area (Å²) in [6, 6.07) is 4.11. The standard InChI is InChI=1S/C18H23F3N4O4S/c1-13-4-5-14(30(27,28)23-7-9-29-3)10-15(13)17(26)24(2)11-16-22-6-8-25(16)12-18(19,20)21/h4-6,8,10,23H,7,9,11-12H2,1-3H3. The fraction of sp³-hybridized carbons (Fsp3) is 0.444. The second-order valence-electron chi connectivity index (χ2n) is 6.62. The molecule has 0 fully saturated rings. The number of ether oxygens (including phenoxy) is 1. The third kappa shape index (κ3) is 6.28. The number of alkyl halides is 3. The number of imidazole rings is 1. The zero-order valence-electron chi connectivity index (χ0n) is 16.7. The fourth-order valence-corrected chi connectivity index (χ4v) is 3.72. The molecule has 8 nitrogen and oxygen atoms in total. The number of nitrogens with one attached hydrogen (secondary N) is 1. The number of carbonyl (C=O) groups is 1. The topological polar surface area (TPSA) is 93.5 Å². The highest BCUT2D eigenvalue weighted by Gasteiger charge is 2.29. The number of hydrogen-bond acceptors (Lipinski definition) is 5.